The molecule has 1 unspecified atom stereocenters. The fourth-order valence-electron chi connectivity index (χ4n) is 3.18. The Kier molecular flexibility index (Phi) is 7.14. The third-order valence-corrected chi connectivity index (χ3v) is 5.95. The Hall–Kier alpha value is -4.11. The van der Waals surface area contributed by atoms with Gasteiger partial charge in [0.25, 0.3) is 5.09 Å². The number of nitroso groups, excluding NO2 is 1. The van der Waals surface area contributed by atoms with Gasteiger partial charge in [-0.05, 0) is 43.2 Å². The van der Waals surface area contributed by atoms with Gasteiger partial charge >= 0.3 is 0 Å². The molecule has 3 rings (SSSR count). The van der Waals surface area contributed by atoms with Crippen LogP contribution in [-0.4, -0.2) is 36.1 Å². The number of nitrogens with zero attached hydrogens (tertiary/aromatic N) is 5. The molecule has 0 aliphatic heterocycles. The normalized spacial score (nSPS) is 12.0. The Balaban J connectivity index is 2.00. The van der Waals surface area contributed by atoms with E-state index in [1.165, 1.54) is 12.1 Å². The van der Waals surface area contributed by atoms with Gasteiger partial charge in [0.15, 0.2) is 15.5 Å². The summed E-state index contributed by atoms with van der Waals surface area (Å²) in [6.07, 6.45) is 1.53. The lowest BCUT2D eigenvalue weighted by molar-refractivity contribution is -0.757. The molecule has 0 spiro atoms. The number of benzene rings is 2. The molecule has 0 amide bonds. The van der Waals surface area contributed by atoms with Crippen molar-refractivity contribution in [3.8, 4) is 16.9 Å². The van der Waals surface area contributed by atoms with Crippen LogP contribution in [0.15, 0.2) is 64.7 Å². The molecular weight excluding hydrogens is 450 g/mol. The monoisotopic (exact) mass is 469 g/mol. The fraction of sp³-hybridized carbons (Fsp3) is 0.238. The van der Waals surface area contributed by atoms with Gasteiger partial charge in [-0.15, -0.1) is 10.1 Å². The van der Waals surface area contributed by atoms with Gasteiger partial charge in [-0.25, -0.2) is 17.9 Å². The van der Waals surface area contributed by atoms with Crippen LogP contribution in [0.2, 0.25) is 0 Å². The molecule has 33 heavy (non-hydrogen) atoms. The van der Waals surface area contributed by atoms with E-state index in [0.717, 1.165) is 6.26 Å². The topological polar surface area (TPSA) is 138 Å². The molecule has 12 heteroatoms. The second kappa shape index (κ2) is 10.0. The summed E-state index contributed by atoms with van der Waals surface area (Å²) < 4.78 is 25.1. The van der Waals surface area contributed by atoms with E-state index in [4.69, 9.17) is 6.57 Å². The first-order valence-corrected chi connectivity index (χ1v) is 11.6. The maximum absolute atomic E-state index is 11.8. The number of hydrogen-bond acceptors (Lipinski definition) is 8. The summed E-state index contributed by atoms with van der Waals surface area (Å²) in [6.45, 7) is 6.94. The highest BCUT2D eigenvalue weighted by atomic mass is 32.2. The predicted molar refractivity (Wildman–Crippen MR) is 119 cm³/mol. The summed E-state index contributed by atoms with van der Waals surface area (Å²) in [5, 5.41) is 17.0. The van der Waals surface area contributed by atoms with E-state index in [9.17, 15) is 23.4 Å². The van der Waals surface area contributed by atoms with Crippen molar-refractivity contribution in [2.75, 3.05) is 12.9 Å². The molecule has 0 saturated heterocycles. The number of hydrogen-bond donors (Lipinski definition) is 0. The van der Waals surface area contributed by atoms with Gasteiger partial charge in [0, 0.05) is 11.8 Å². The van der Waals surface area contributed by atoms with Gasteiger partial charge in [0.1, 0.15) is 6.04 Å². The lowest BCUT2D eigenvalue weighted by Gasteiger charge is -2.09. The minimum absolute atomic E-state index is 0.164. The van der Waals surface area contributed by atoms with Crippen LogP contribution in [0.5, 0.6) is 0 Å². The van der Waals surface area contributed by atoms with Crippen LogP contribution in [0.25, 0.3) is 21.8 Å². The minimum Gasteiger partial charge on any atom is -0.314 e. The molecule has 1 heterocycles. The van der Waals surface area contributed by atoms with Crippen LogP contribution in [0.4, 0.5) is 5.69 Å². The van der Waals surface area contributed by atoms with E-state index in [2.05, 4.69) is 20.0 Å². The second-order valence-electron chi connectivity index (χ2n) is 7.11. The van der Waals surface area contributed by atoms with Crippen molar-refractivity contribution >= 4 is 15.5 Å². The molecule has 0 bridgehead atoms. The first-order valence-electron chi connectivity index (χ1n) is 9.71. The average Bonchev–Trinajstić information content (AvgIpc) is 3.23. The Bertz CT molecular complexity index is 1290. The van der Waals surface area contributed by atoms with E-state index in [1.807, 2.05) is 0 Å². The van der Waals surface area contributed by atoms with Crippen LogP contribution < -0.4 is 0 Å². The smallest absolute Gasteiger partial charge is 0.294 e. The highest BCUT2D eigenvalue weighted by molar-refractivity contribution is 7.90. The molecule has 0 saturated carbocycles. The van der Waals surface area contributed by atoms with Crippen molar-refractivity contribution in [1.29, 1.82) is 0 Å². The Morgan fingerprint density at radius 3 is 2.42 bits per heavy atom. The Labute approximate surface area is 189 Å². The van der Waals surface area contributed by atoms with Crippen molar-refractivity contribution in [3.05, 3.63) is 86.7 Å². The van der Waals surface area contributed by atoms with Crippen molar-refractivity contribution in [2.45, 2.75) is 23.8 Å². The van der Waals surface area contributed by atoms with Crippen LogP contribution in [-0.2, 0) is 14.7 Å². The number of rotatable bonds is 10. The zero-order valence-corrected chi connectivity index (χ0v) is 18.3. The summed E-state index contributed by atoms with van der Waals surface area (Å²) in [5.41, 5.74) is 2.65. The summed E-state index contributed by atoms with van der Waals surface area (Å²) in [6, 6.07) is 13.7. The zero-order valence-electron chi connectivity index (χ0n) is 17.5. The van der Waals surface area contributed by atoms with Gasteiger partial charge in [-0.1, -0.05) is 29.4 Å². The van der Waals surface area contributed by atoms with Gasteiger partial charge in [-0.2, -0.15) is 10.0 Å². The maximum Gasteiger partial charge on any atom is 0.294 e. The number of sulfone groups is 1. The molecule has 11 nitrogen and oxygen atoms in total. The molecule has 3 aromatic rings. The molecule has 0 aliphatic carbocycles. The average molecular weight is 469 g/mol. The van der Waals surface area contributed by atoms with Gasteiger partial charge < -0.3 is 4.84 Å². The Morgan fingerprint density at radius 1 is 1.21 bits per heavy atom. The molecule has 0 fully saturated rings. The van der Waals surface area contributed by atoms with Crippen LogP contribution in [0, 0.1) is 21.6 Å². The molecular formula is C21H19N5O6S. The fourth-order valence-corrected chi connectivity index (χ4v) is 3.81. The lowest BCUT2D eigenvalue weighted by atomic mass is 10.1. The van der Waals surface area contributed by atoms with Crippen molar-refractivity contribution < 1.29 is 18.3 Å². The summed E-state index contributed by atoms with van der Waals surface area (Å²) in [7, 11) is -3.37. The van der Waals surface area contributed by atoms with E-state index < -0.39 is 21.0 Å². The molecule has 0 aliphatic rings. The SMILES string of the molecule is [C-]#[N+]c1ccc(-n2nc(C(CCCO[N+](=O)[O-])N=O)cc2-c2ccc(S(C)(=O)=O)cc2)cc1. The standard InChI is InChI=1S/C21H19N5O6S/c1-22-16-7-9-17(10-8-16)25-21(15-5-11-18(12-6-15)33(2,30)31)14-20(23-25)19(24-27)4-3-13-32-26(28)29/h5-12,14,19H,3-4,13H2,2H3. The third-order valence-electron chi connectivity index (χ3n) is 4.82. The molecule has 1 aromatic heterocycles. The van der Waals surface area contributed by atoms with Crippen molar-refractivity contribution in [1.82, 2.24) is 9.78 Å². The third kappa shape index (κ3) is 5.78. The van der Waals surface area contributed by atoms with E-state index in [1.54, 1.807) is 47.1 Å². The molecule has 0 radical (unpaired) electrons. The summed E-state index contributed by atoms with van der Waals surface area (Å²) >= 11 is 0. The first-order chi connectivity index (χ1) is 15.7. The molecule has 2 aromatic carbocycles. The highest BCUT2D eigenvalue weighted by Gasteiger charge is 2.20. The van der Waals surface area contributed by atoms with Crippen LogP contribution >= 0.6 is 0 Å². The quantitative estimate of drug-likeness (QED) is 0.142. The van der Waals surface area contributed by atoms with E-state index >= 15 is 0 Å². The highest BCUT2D eigenvalue weighted by Crippen LogP contribution is 2.31. The molecule has 1 atom stereocenters. The largest absolute Gasteiger partial charge is 0.314 e. The minimum atomic E-state index is -3.37. The van der Waals surface area contributed by atoms with Gasteiger partial charge in [0.05, 0.1) is 35.1 Å². The maximum atomic E-state index is 11.8. The summed E-state index contributed by atoms with van der Waals surface area (Å²) in [5.74, 6) is 0. The molecule has 0 N–H and O–H groups in total. The second-order valence-corrected chi connectivity index (χ2v) is 9.13. The van der Waals surface area contributed by atoms with Crippen molar-refractivity contribution in [3.63, 3.8) is 0 Å². The Morgan fingerprint density at radius 2 is 1.88 bits per heavy atom. The van der Waals surface area contributed by atoms with E-state index in [-0.39, 0.29) is 24.3 Å². The van der Waals surface area contributed by atoms with Crippen LogP contribution in [0.3, 0.4) is 0 Å². The van der Waals surface area contributed by atoms with Crippen molar-refractivity contribution in [2.24, 2.45) is 5.18 Å². The first kappa shape index (κ1) is 23.6. The summed E-state index contributed by atoms with van der Waals surface area (Å²) in [4.78, 5) is 29.6. The van der Waals surface area contributed by atoms with E-state index in [0.29, 0.717) is 28.3 Å². The zero-order chi connectivity index (χ0) is 24.0. The predicted octanol–water partition coefficient (Wildman–Crippen LogP) is 4.29. The number of aromatic nitrogens is 2. The molecule has 170 valence electrons. The lowest BCUT2D eigenvalue weighted by Crippen LogP contribution is -2.05. The van der Waals surface area contributed by atoms with Crippen LogP contribution in [0.1, 0.15) is 24.6 Å². The van der Waals surface area contributed by atoms with Gasteiger partial charge in [0.2, 0.25) is 0 Å². The van der Waals surface area contributed by atoms with Gasteiger partial charge in [-0.3, -0.25) is 0 Å².